The fourth-order valence-electron chi connectivity index (χ4n) is 4.64. The smallest absolute Gasteiger partial charge is 0.0217 e. The van der Waals surface area contributed by atoms with Crippen molar-refractivity contribution >= 4 is 11.8 Å². The van der Waals surface area contributed by atoms with Crippen LogP contribution in [0.15, 0.2) is 0 Å². The third kappa shape index (κ3) is 2.35. The van der Waals surface area contributed by atoms with Gasteiger partial charge in [-0.25, -0.2) is 0 Å². The summed E-state index contributed by atoms with van der Waals surface area (Å²) in [6, 6.07) is 1.67. The Balaban J connectivity index is 1.74. The molecular weight excluding hydrogens is 238 g/mol. The van der Waals surface area contributed by atoms with Crippen molar-refractivity contribution in [2.75, 3.05) is 0 Å². The van der Waals surface area contributed by atoms with E-state index >= 15 is 0 Å². The number of rotatable bonds is 2. The largest absolute Gasteiger partial charge is 0.308 e. The lowest BCUT2D eigenvalue weighted by molar-refractivity contribution is 0.174. The van der Waals surface area contributed by atoms with E-state index in [4.69, 9.17) is 0 Å². The van der Waals surface area contributed by atoms with Crippen LogP contribution in [-0.4, -0.2) is 22.6 Å². The van der Waals surface area contributed by atoms with E-state index in [1.54, 1.807) is 0 Å². The van der Waals surface area contributed by atoms with Crippen molar-refractivity contribution in [3.63, 3.8) is 0 Å². The molecule has 104 valence electrons. The maximum Gasteiger partial charge on any atom is 0.0217 e. The average Bonchev–Trinajstić information content (AvgIpc) is 2.43. The summed E-state index contributed by atoms with van der Waals surface area (Å²) in [5.41, 5.74) is 0. The molecule has 2 heteroatoms. The third-order valence-corrected chi connectivity index (χ3v) is 7.48. The number of thioether (sulfide) groups is 1. The molecule has 0 spiro atoms. The fourth-order valence-corrected chi connectivity index (χ4v) is 6.64. The van der Waals surface area contributed by atoms with Gasteiger partial charge in [0.25, 0.3) is 0 Å². The molecule has 1 aliphatic heterocycles. The molecule has 0 aromatic carbocycles. The normalized spacial score (nSPS) is 48.3. The van der Waals surface area contributed by atoms with E-state index in [0.29, 0.717) is 0 Å². The second kappa shape index (κ2) is 5.75. The van der Waals surface area contributed by atoms with Gasteiger partial charge >= 0.3 is 0 Å². The Morgan fingerprint density at radius 2 is 1.33 bits per heavy atom. The van der Waals surface area contributed by atoms with Crippen LogP contribution >= 0.6 is 11.8 Å². The molecule has 3 rings (SSSR count). The topological polar surface area (TPSA) is 12.0 Å². The minimum absolute atomic E-state index is 0.835. The van der Waals surface area contributed by atoms with Crippen molar-refractivity contribution in [1.82, 2.24) is 5.32 Å². The Bertz CT molecular complexity index is 254. The molecule has 0 aromatic rings. The Hall–Kier alpha value is 0.310. The molecule has 0 aromatic heterocycles. The van der Waals surface area contributed by atoms with Crippen LogP contribution in [0.1, 0.15) is 65.2 Å². The minimum Gasteiger partial charge on any atom is -0.308 e. The van der Waals surface area contributed by atoms with Gasteiger partial charge in [0.1, 0.15) is 0 Å². The fraction of sp³-hybridized carbons (Fsp3) is 1.00. The van der Waals surface area contributed by atoms with Crippen molar-refractivity contribution in [1.29, 1.82) is 0 Å². The summed E-state index contributed by atoms with van der Waals surface area (Å²) < 4.78 is 0. The first kappa shape index (κ1) is 13.3. The van der Waals surface area contributed by atoms with Gasteiger partial charge in [-0.05, 0) is 37.5 Å². The van der Waals surface area contributed by atoms with Crippen LogP contribution in [-0.2, 0) is 0 Å². The van der Waals surface area contributed by atoms with Crippen LogP contribution in [0.25, 0.3) is 0 Å². The average molecular weight is 267 g/mol. The molecule has 6 unspecified atom stereocenters. The number of nitrogens with one attached hydrogen (secondary N) is 1. The van der Waals surface area contributed by atoms with Gasteiger partial charge in [0.15, 0.2) is 0 Å². The highest BCUT2D eigenvalue weighted by molar-refractivity contribution is 8.00. The highest BCUT2D eigenvalue weighted by atomic mass is 32.2. The second-order valence-electron chi connectivity index (χ2n) is 6.63. The highest BCUT2D eigenvalue weighted by Gasteiger charge is 2.44. The SMILES string of the molecule is CCC1CCCC2SC3CCCC(CC)C3NC12. The Labute approximate surface area is 117 Å². The van der Waals surface area contributed by atoms with Crippen molar-refractivity contribution in [3.05, 3.63) is 0 Å². The van der Waals surface area contributed by atoms with Crippen LogP contribution in [0.4, 0.5) is 0 Å². The summed E-state index contributed by atoms with van der Waals surface area (Å²) in [5.74, 6) is 1.91. The van der Waals surface area contributed by atoms with E-state index in [0.717, 1.165) is 34.4 Å². The number of fused-ring (bicyclic) bond motifs is 2. The van der Waals surface area contributed by atoms with Gasteiger partial charge in [0.2, 0.25) is 0 Å². The minimum atomic E-state index is 0.835. The lowest BCUT2D eigenvalue weighted by atomic mass is 9.77. The Morgan fingerprint density at radius 3 is 1.78 bits per heavy atom. The predicted molar refractivity (Wildman–Crippen MR) is 81.1 cm³/mol. The first-order chi connectivity index (χ1) is 8.83. The van der Waals surface area contributed by atoms with E-state index in [1.807, 2.05) is 0 Å². The molecule has 6 atom stereocenters. The van der Waals surface area contributed by atoms with E-state index in [2.05, 4.69) is 30.9 Å². The van der Waals surface area contributed by atoms with Gasteiger partial charge in [-0.3, -0.25) is 0 Å². The lowest BCUT2D eigenvalue weighted by Gasteiger charge is -2.51. The van der Waals surface area contributed by atoms with Crippen molar-refractivity contribution in [2.24, 2.45) is 11.8 Å². The van der Waals surface area contributed by atoms with Crippen LogP contribution in [0.5, 0.6) is 0 Å². The van der Waals surface area contributed by atoms with Gasteiger partial charge in [-0.2, -0.15) is 11.8 Å². The second-order valence-corrected chi connectivity index (χ2v) is 8.11. The molecule has 1 nitrogen and oxygen atoms in total. The van der Waals surface area contributed by atoms with Crippen molar-refractivity contribution in [2.45, 2.75) is 87.8 Å². The summed E-state index contributed by atoms with van der Waals surface area (Å²) in [6.45, 7) is 4.79. The molecule has 2 aliphatic carbocycles. The molecule has 0 amide bonds. The van der Waals surface area contributed by atoms with Crippen molar-refractivity contribution < 1.29 is 0 Å². The van der Waals surface area contributed by atoms with E-state index in [-0.39, 0.29) is 0 Å². The quantitative estimate of drug-likeness (QED) is 0.804. The Morgan fingerprint density at radius 1 is 0.833 bits per heavy atom. The summed E-state index contributed by atoms with van der Waals surface area (Å²) in [4.78, 5) is 0. The molecular formula is C16H29NS. The monoisotopic (exact) mass is 267 g/mol. The van der Waals surface area contributed by atoms with Gasteiger partial charge < -0.3 is 5.32 Å². The molecule has 1 N–H and O–H groups in total. The summed E-state index contributed by atoms with van der Waals surface area (Å²) >= 11 is 2.38. The molecule has 1 saturated heterocycles. The predicted octanol–water partition coefficient (Wildman–Crippen LogP) is 4.22. The number of hydrogen-bond donors (Lipinski definition) is 1. The maximum absolute atomic E-state index is 4.14. The molecule has 0 bridgehead atoms. The van der Waals surface area contributed by atoms with Crippen LogP contribution in [0, 0.1) is 11.8 Å². The van der Waals surface area contributed by atoms with Crippen LogP contribution in [0.2, 0.25) is 0 Å². The standard InChI is InChI=1S/C16H29NS/c1-3-11-7-5-9-13-15(11)17-16-12(4-2)8-6-10-14(16)18-13/h11-17H,3-10H2,1-2H3. The van der Waals surface area contributed by atoms with Crippen molar-refractivity contribution in [3.8, 4) is 0 Å². The first-order valence-corrected chi connectivity index (χ1v) is 9.19. The molecule has 2 saturated carbocycles. The first-order valence-electron chi connectivity index (χ1n) is 8.25. The van der Waals surface area contributed by atoms with Gasteiger partial charge in [0.05, 0.1) is 0 Å². The van der Waals surface area contributed by atoms with E-state index in [1.165, 1.54) is 51.4 Å². The van der Waals surface area contributed by atoms with Gasteiger partial charge in [0, 0.05) is 22.6 Å². The third-order valence-electron chi connectivity index (χ3n) is 5.73. The van der Waals surface area contributed by atoms with Gasteiger partial charge in [-0.1, -0.05) is 39.5 Å². The number of hydrogen-bond acceptors (Lipinski definition) is 2. The zero-order valence-corrected chi connectivity index (χ0v) is 12.8. The molecule has 1 heterocycles. The lowest BCUT2D eigenvalue weighted by Crippen LogP contribution is -2.61. The zero-order chi connectivity index (χ0) is 12.5. The van der Waals surface area contributed by atoms with Crippen LogP contribution < -0.4 is 5.32 Å². The summed E-state index contributed by atoms with van der Waals surface area (Å²) in [7, 11) is 0. The maximum atomic E-state index is 4.14. The highest BCUT2D eigenvalue weighted by Crippen LogP contribution is 2.46. The molecule has 0 radical (unpaired) electrons. The Kier molecular flexibility index (Phi) is 4.25. The molecule has 18 heavy (non-hydrogen) atoms. The summed E-state index contributed by atoms with van der Waals surface area (Å²) in [6.07, 6.45) is 11.6. The van der Waals surface area contributed by atoms with E-state index < -0.39 is 0 Å². The summed E-state index contributed by atoms with van der Waals surface area (Å²) in [5, 5.41) is 6.00. The van der Waals surface area contributed by atoms with Crippen LogP contribution in [0.3, 0.4) is 0 Å². The zero-order valence-electron chi connectivity index (χ0n) is 12.0. The molecule has 3 aliphatic rings. The molecule has 3 fully saturated rings. The van der Waals surface area contributed by atoms with E-state index in [9.17, 15) is 0 Å². The van der Waals surface area contributed by atoms with Gasteiger partial charge in [-0.15, -0.1) is 0 Å².